The van der Waals surface area contributed by atoms with E-state index in [1.807, 2.05) is 13.8 Å². The van der Waals surface area contributed by atoms with Gasteiger partial charge < -0.3 is 24.4 Å². The third-order valence-electron chi connectivity index (χ3n) is 3.41. The first-order valence-electron chi connectivity index (χ1n) is 8.06. The number of carboxylic acids is 2. The molecule has 1 rings (SSSR count). The van der Waals surface area contributed by atoms with Crippen molar-refractivity contribution in [2.45, 2.75) is 38.9 Å². The highest BCUT2D eigenvalue weighted by Gasteiger charge is 2.23. The number of carboxylic acid groups (broad SMARTS) is 2. The molecule has 9 heteroatoms. The summed E-state index contributed by atoms with van der Waals surface area (Å²) in [7, 11) is 0. The van der Waals surface area contributed by atoms with Crippen LogP contribution in [0.1, 0.15) is 38.2 Å². The molecular weight excluding hydrogens is 432 g/mol. The summed E-state index contributed by atoms with van der Waals surface area (Å²) in [5, 5.41) is 18.4. The number of aliphatic carboxylic acids is 2. The minimum absolute atomic E-state index is 0.115. The first kappa shape index (κ1) is 22.7. The van der Waals surface area contributed by atoms with Crippen molar-refractivity contribution < 1.29 is 34.0 Å². The molecule has 0 saturated heterocycles. The minimum atomic E-state index is -1.11. The predicted octanol–water partition coefficient (Wildman–Crippen LogP) is 3.91. The SMILES string of the molecule is CCOC(COc1cc(C(CC(=O)O)CC(=O)O)c(Cl)cc1Br)OCC. The second-order valence-electron chi connectivity index (χ2n) is 5.35. The number of hydrogen-bond acceptors (Lipinski definition) is 5. The van der Waals surface area contributed by atoms with Gasteiger partial charge >= 0.3 is 11.9 Å². The van der Waals surface area contributed by atoms with Gasteiger partial charge in [-0.2, -0.15) is 0 Å². The lowest BCUT2D eigenvalue weighted by molar-refractivity contribution is -0.152. The van der Waals surface area contributed by atoms with Crippen LogP contribution < -0.4 is 4.74 Å². The molecule has 146 valence electrons. The molecule has 26 heavy (non-hydrogen) atoms. The molecule has 0 amide bonds. The molecule has 2 N–H and O–H groups in total. The van der Waals surface area contributed by atoms with Gasteiger partial charge in [-0.15, -0.1) is 0 Å². The maximum atomic E-state index is 11.1. The van der Waals surface area contributed by atoms with Crippen LogP contribution in [-0.4, -0.2) is 48.3 Å². The van der Waals surface area contributed by atoms with Crippen LogP contribution in [0.5, 0.6) is 5.75 Å². The number of benzene rings is 1. The molecule has 7 nitrogen and oxygen atoms in total. The Kier molecular flexibility index (Phi) is 9.93. The first-order chi connectivity index (χ1) is 12.3. The van der Waals surface area contributed by atoms with E-state index in [2.05, 4.69) is 15.9 Å². The van der Waals surface area contributed by atoms with Crippen LogP contribution in [0.2, 0.25) is 5.02 Å². The van der Waals surface area contributed by atoms with Gasteiger partial charge in [0.05, 0.1) is 17.3 Å². The second kappa shape index (κ2) is 11.4. The molecule has 0 radical (unpaired) electrons. The van der Waals surface area contributed by atoms with E-state index in [9.17, 15) is 9.59 Å². The molecule has 0 aliphatic rings. The van der Waals surface area contributed by atoms with Crippen LogP contribution in [0.25, 0.3) is 0 Å². The average Bonchev–Trinajstić information content (AvgIpc) is 2.52. The van der Waals surface area contributed by atoms with Gasteiger partial charge in [0.25, 0.3) is 0 Å². The van der Waals surface area contributed by atoms with Crippen molar-refractivity contribution >= 4 is 39.5 Å². The van der Waals surface area contributed by atoms with E-state index in [0.717, 1.165) is 0 Å². The zero-order chi connectivity index (χ0) is 19.7. The van der Waals surface area contributed by atoms with Crippen LogP contribution in [0.3, 0.4) is 0 Å². The van der Waals surface area contributed by atoms with Crippen molar-refractivity contribution in [1.82, 2.24) is 0 Å². The quantitative estimate of drug-likeness (QED) is 0.462. The molecule has 0 saturated carbocycles. The molecule has 0 fully saturated rings. The van der Waals surface area contributed by atoms with E-state index in [1.165, 1.54) is 0 Å². The predicted molar refractivity (Wildman–Crippen MR) is 98.9 cm³/mol. The Hall–Kier alpha value is -1.35. The molecule has 0 spiro atoms. The van der Waals surface area contributed by atoms with Crippen molar-refractivity contribution in [3.8, 4) is 5.75 Å². The zero-order valence-corrected chi connectivity index (χ0v) is 16.9. The lowest BCUT2D eigenvalue weighted by Crippen LogP contribution is -2.25. The van der Waals surface area contributed by atoms with Crippen molar-refractivity contribution in [3.05, 3.63) is 27.2 Å². The van der Waals surface area contributed by atoms with Gasteiger partial charge in [0, 0.05) is 24.2 Å². The summed E-state index contributed by atoms with van der Waals surface area (Å²) in [4.78, 5) is 22.2. The summed E-state index contributed by atoms with van der Waals surface area (Å²) < 4.78 is 17.1. The molecule has 0 heterocycles. The number of rotatable bonds is 12. The Morgan fingerprint density at radius 3 is 2.12 bits per heavy atom. The third kappa shape index (κ3) is 7.49. The van der Waals surface area contributed by atoms with E-state index in [-0.39, 0.29) is 24.5 Å². The monoisotopic (exact) mass is 452 g/mol. The van der Waals surface area contributed by atoms with Crippen molar-refractivity contribution in [2.24, 2.45) is 0 Å². The van der Waals surface area contributed by atoms with E-state index >= 15 is 0 Å². The highest BCUT2D eigenvalue weighted by Crippen LogP contribution is 2.37. The molecule has 0 bridgehead atoms. The van der Waals surface area contributed by atoms with E-state index in [4.69, 9.17) is 36.0 Å². The molecule has 1 aromatic rings. The fraction of sp³-hybridized carbons (Fsp3) is 0.529. The van der Waals surface area contributed by atoms with Gasteiger partial charge in [-0.3, -0.25) is 9.59 Å². The third-order valence-corrected chi connectivity index (χ3v) is 4.36. The lowest BCUT2D eigenvalue weighted by atomic mass is 9.92. The second-order valence-corrected chi connectivity index (χ2v) is 6.61. The average molecular weight is 454 g/mol. The minimum Gasteiger partial charge on any atom is -0.487 e. The van der Waals surface area contributed by atoms with Gasteiger partial charge in [0.1, 0.15) is 12.4 Å². The van der Waals surface area contributed by atoms with Crippen LogP contribution in [0.15, 0.2) is 16.6 Å². The van der Waals surface area contributed by atoms with Crippen molar-refractivity contribution in [1.29, 1.82) is 0 Å². The van der Waals surface area contributed by atoms with Crippen molar-refractivity contribution in [2.75, 3.05) is 19.8 Å². The van der Waals surface area contributed by atoms with E-state index in [0.29, 0.717) is 29.0 Å². The fourth-order valence-electron chi connectivity index (χ4n) is 2.36. The van der Waals surface area contributed by atoms with Crippen LogP contribution in [0.4, 0.5) is 0 Å². The normalized spacial score (nSPS) is 11.2. The maximum absolute atomic E-state index is 11.1. The van der Waals surface area contributed by atoms with Crippen molar-refractivity contribution in [3.63, 3.8) is 0 Å². The molecule has 0 unspecified atom stereocenters. The highest BCUT2D eigenvalue weighted by molar-refractivity contribution is 9.10. The standard InChI is InChI=1S/C17H22BrClO7/c1-3-24-17(25-4-2)9-26-14-7-11(13(19)8-12(14)18)10(5-15(20)21)6-16(22)23/h7-8,10,17H,3-6,9H2,1-2H3,(H,20,21)(H,22,23). The van der Waals surface area contributed by atoms with Gasteiger partial charge in [0.2, 0.25) is 0 Å². The van der Waals surface area contributed by atoms with Crippen LogP contribution >= 0.6 is 27.5 Å². The molecule has 0 aromatic heterocycles. The molecular formula is C17H22BrClO7. The number of ether oxygens (including phenoxy) is 3. The van der Waals surface area contributed by atoms with E-state index in [1.54, 1.807) is 12.1 Å². The number of carbonyl (C=O) groups is 2. The summed E-state index contributed by atoms with van der Waals surface area (Å²) in [5.74, 6) is -2.59. The Bertz CT molecular complexity index is 601. The Morgan fingerprint density at radius 2 is 1.65 bits per heavy atom. The Labute approximate surface area is 165 Å². The van der Waals surface area contributed by atoms with Gasteiger partial charge in [-0.1, -0.05) is 11.6 Å². The molecule has 0 aliphatic heterocycles. The first-order valence-corrected chi connectivity index (χ1v) is 9.24. The summed E-state index contributed by atoms with van der Waals surface area (Å²) in [5.41, 5.74) is 0.402. The van der Waals surface area contributed by atoms with E-state index < -0.39 is 24.1 Å². The molecule has 0 atom stereocenters. The van der Waals surface area contributed by atoms with Gasteiger partial charge in [0.15, 0.2) is 6.29 Å². The van der Waals surface area contributed by atoms with Crippen LogP contribution in [0, 0.1) is 0 Å². The maximum Gasteiger partial charge on any atom is 0.303 e. The number of halogens is 2. The zero-order valence-electron chi connectivity index (χ0n) is 14.5. The smallest absolute Gasteiger partial charge is 0.303 e. The molecule has 1 aromatic carbocycles. The Balaban J connectivity index is 3.05. The Morgan fingerprint density at radius 1 is 1.12 bits per heavy atom. The van der Waals surface area contributed by atoms with Crippen LogP contribution in [-0.2, 0) is 19.1 Å². The topological polar surface area (TPSA) is 102 Å². The lowest BCUT2D eigenvalue weighted by Gasteiger charge is -2.20. The van der Waals surface area contributed by atoms with Gasteiger partial charge in [-0.05, 0) is 47.5 Å². The largest absolute Gasteiger partial charge is 0.487 e. The summed E-state index contributed by atoms with van der Waals surface area (Å²) in [6.07, 6.45) is -1.26. The fourth-order valence-corrected chi connectivity index (χ4v) is 3.26. The summed E-state index contributed by atoms with van der Waals surface area (Å²) in [6.45, 7) is 4.71. The van der Waals surface area contributed by atoms with Gasteiger partial charge in [-0.25, -0.2) is 0 Å². The number of hydrogen-bond donors (Lipinski definition) is 2. The summed E-state index contributed by atoms with van der Waals surface area (Å²) >= 11 is 9.54. The highest BCUT2D eigenvalue weighted by atomic mass is 79.9. The summed E-state index contributed by atoms with van der Waals surface area (Å²) in [6, 6.07) is 3.11. The molecule has 0 aliphatic carbocycles.